The summed E-state index contributed by atoms with van der Waals surface area (Å²) in [5, 5.41) is 2.74. The van der Waals surface area contributed by atoms with Gasteiger partial charge in [0.25, 0.3) is 5.91 Å². The summed E-state index contributed by atoms with van der Waals surface area (Å²) in [6.45, 7) is 0.595. The number of carbonyl (C=O) groups is 1. The summed E-state index contributed by atoms with van der Waals surface area (Å²) in [5.41, 5.74) is 0.506. The Kier molecular flexibility index (Phi) is 5.81. The molecule has 2 aromatic carbocycles. The molecule has 1 amide bonds. The minimum atomic E-state index is -3.22. The van der Waals surface area contributed by atoms with E-state index in [-0.39, 0.29) is 17.4 Å². The Morgan fingerprint density at radius 3 is 2.42 bits per heavy atom. The van der Waals surface area contributed by atoms with Crippen molar-refractivity contribution in [1.82, 2.24) is 5.32 Å². The SMILES string of the molecule is COc1cccc(C(=O)NCCOc2ccc(S(C)(=O)=O)cc2)c1. The van der Waals surface area contributed by atoms with E-state index in [9.17, 15) is 13.2 Å². The molecule has 0 aliphatic heterocycles. The molecule has 7 heteroatoms. The highest BCUT2D eigenvalue weighted by atomic mass is 32.2. The molecule has 0 saturated heterocycles. The second-order valence-electron chi connectivity index (χ2n) is 5.08. The highest BCUT2D eigenvalue weighted by Gasteiger charge is 2.07. The number of hydrogen-bond donors (Lipinski definition) is 1. The lowest BCUT2D eigenvalue weighted by atomic mass is 10.2. The van der Waals surface area contributed by atoms with Crippen molar-refractivity contribution in [2.24, 2.45) is 0 Å². The van der Waals surface area contributed by atoms with E-state index in [2.05, 4.69) is 5.32 Å². The van der Waals surface area contributed by atoms with Crippen molar-refractivity contribution in [3.63, 3.8) is 0 Å². The maximum absolute atomic E-state index is 12.0. The molecule has 0 fully saturated rings. The van der Waals surface area contributed by atoms with Gasteiger partial charge in [0.2, 0.25) is 0 Å². The normalized spacial score (nSPS) is 10.9. The molecule has 128 valence electrons. The van der Waals surface area contributed by atoms with Crippen LogP contribution in [0.15, 0.2) is 53.4 Å². The number of amides is 1. The van der Waals surface area contributed by atoms with Crippen LogP contribution in [0.25, 0.3) is 0 Å². The summed E-state index contributed by atoms with van der Waals surface area (Å²) >= 11 is 0. The van der Waals surface area contributed by atoms with Gasteiger partial charge in [-0.25, -0.2) is 8.42 Å². The quantitative estimate of drug-likeness (QED) is 0.772. The smallest absolute Gasteiger partial charge is 0.251 e. The lowest BCUT2D eigenvalue weighted by molar-refractivity contribution is 0.0946. The average Bonchev–Trinajstić information content (AvgIpc) is 2.58. The third-order valence-corrected chi connectivity index (χ3v) is 4.37. The molecule has 0 aromatic heterocycles. The molecule has 0 atom stereocenters. The number of benzene rings is 2. The third-order valence-electron chi connectivity index (χ3n) is 3.24. The number of sulfone groups is 1. The maximum Gasteiger partial charge on any atom is 0.251 e. The van der Waals surface area contributed by atoms with Crippen molar-refractivity contribution in [3.8, 4) is 11.5 Å². The van der Waals surface area contributed by atoms with E-state index in [1.165, 1.54) is 12.1 Å². The number of methoxy groups -OCH3 is 1. The van der Waals surface area contributed by atoms with Crippen LogP contribution in [-0.2, 0) is 9.84 Å². The topological polar surface area (TPSA) is 81.7 Å². The fourth-order valence-electron chi connectivity index (χ4n) is 1.98. The first kappa shape index (κ1) is 17.8. The summed E-state index contributed by atoms with van der Waals surface area (Å²) in [4.78, 5) is 12.2. The molecular weight excluding hydrogens is 330 g/mol. The van der Waals surface area contributed by atoms with Gasteiger partial charge in [0.1, 0.15) is 18.1 Å². The van der Waals surface area contributed by atoms with Crippen LogP contribution in [0.4, 0.5) is 0 Å². The molecule has 0 bridgehead atoms. The third kappa shape index (κ3) is 4.99. The van der Waals surface area contributed by atoms with Crippen LogP contribution in [-0.4, -0.2) is 40.8 Å². The minimum absolute atomic E-state index is 0.218. The lowest BCUT2D eigenvalue weighted by Crippen LogP contribution is -2.28. The van der Waals surface area contributed by atoms with Crippen molar-refractivity contribution >= 4 is 15.7 Å². The molecule has 6 nitrogen and oxygen atoms in total. The Morgan fingerprint density at radius 2 is 1.79 bits per heavy atom. The van der Waals surface area contributed by atoms with Gasteiger partial charge in [0.05, 0.1) is 18.6 Å². The molecule has 0 heterocycles. The van der Waals surface area contributed by atoms with Crippen LogP contribution in [0.2, 0.25) is 0 Å². The molecule has 0 spiro atoms. The second-order valence-corrected chi connectivity index (χ2v) is 7.10. The van der Waals surface area contributed by atoms with E-state index in [0.29, 0.717) is 23.6 Å². The number of rotatable bonds is 7. The highest BCUT2D eigenvalue weighted by molar-refractivity contribution is 7.90. The van der Waals surface area contributed by atoms with Crippen molar-refractivity contribution < 1.29 is 22.7 Å². The number of ether oxygens (including phenoxy) is 2. The van der Waals surface area contributed by atoms with E-state index < -0.39 is 9.84 Å². The summed E-state index contributed by atoms with van der Waals surface area (Å²) in [6.07, 6.45) is 1.15. The van der Waals surface area contributed by atoms with Gasteiger partial charge in [0.15, 0.2) is 9.84 Å². The summed E-state index contributed by atoms with van der Waals surface area (Å²) in [6, 6.07) is 13.0. The molecule has 0 aliphatic carbocycles. The summed E-state index contributed by atoms with van der Waals surface area (Å²) < 4.78 is 33.3. The Hall–Kier alpha value is -2.54. The van der Waals surface area contributed by atoms with E-state index in [4.69, 9.17) is 9.47 Å². The molecule has 0 aliphatic rings. The monoisotopic (exact) mass is 349 g/mol. The van der Waals surface area contributed by atoms with Crippen LogP contribution in [0.1, 0.15) is 10.4 Å². The minimum Gasteiger partial charge on any atom is -0.497 e. The van der Waals surface area contributed by atoms with Gasteiger partial charge in [0, 0.05) is 11.8 Å². The number of carbonyl (C=O) groups excluding carboxylic acids is 1. The summed E-state index contributed by atoms with van der Waals surface area (Å²) in [7, 11) is -1.67. The first-order valence-electron chi connectivity index (χ1n) is 7.25. The van der Waals surface area contributed by atoms with Crippen molar-refractivity contribution in [1.29, 1.82) is 0 Å². The predicted molar refractivity (Wildman–Crippen MR) is 90.4 cm³/mol. The van der Waals surface area contributed by atoms with Gasteiger partial charge in [-0.2, -0.15) is 0 Å². The Morgan fingerprint density at radius 1 is 1.08 bits per heavy atom. The Labute approximate surface area is 141 Å². The molecular formula is C17H19NO5S. The van der Waals surface area contributed by atoms with E-state index in [1.807, 2.05) is 0 Å². The van der Waals surface area contributed by atoms with E-state index in [0.717, 1.165) is 6.26 Å². The molecule has 24 heavy (non-hydrogen) atoms. The molecule has 0 radical (unpaired) electrons. The molecule has 2 rings (SSSR count). The second kappa shape index (κ2) is 7.83. The highest BCUT2D eigenvalue weighted by Crippen LogP contribution is 2.15. The van der Waals surface area contributed by atoms with Gasteiger partial charge >= 0.3 is 0 Å². The lowest BCUT2D eigenvalue weighted by Gasteiger charge is -2.09. The van der Waals surface area contributed by atoms with Crippen LogP contribution in [0.3, 0.4) is 0 Å². The van der Waals surface area contributed by atoms with Gasteiger partial charge in [-0.1, -0.05) is 6.07 Å². The van der Waals surface area contributed by atoms with Gasteiger partial charge in [-0.3, -0.25) is 4.79 Å². The average molecular weight is 349 g/mol. The summed E-state index contributed by atoms with van der Waals surface area (Å²) in [5.74, 6) is 0.938. The first-order valence-corrected chi connectivity index (χ1v) is 9.14. The fourth-order valence-corrected chi connectivity index (χ4v) is 2.61. The zero-order valence-electron chi connectivity index (χ0n) is 13.5. The van der Waals surface area contributed by atoms with Gasteiger partial charge in [-0.05, 0) is 42.5 Å². The molecule has 0 saturated carbocycles. The Balaban J connectivity index is 1.81. The van der Waals surface area contributed by atoms with Gasteiger partial charge < -0.3 is 14.8 Å². The van der Waals surface area contributed by atoms with Crippen molar-refractivity contribution in [3.05, 3.63) is 54.1 Å². The number of nitrogens with one attached hydrogen (secondary N) is 1. The molecule has 1 N–H and O–H groups in total. The van der Waals surface area contributed by atoms with E-state index in [1.54, 1.807) is 43.5 Å². The molecule has 0 unspecified atom stereocenters. The van der Waals surface area contributed by atoms with Gasteiger partial charge in [-0.15, -0.1) is 0 Å². The van der Waals surface area contributed by atoms with Crippen molar-refractivity contribution in [2.75, 3.05) is 26.5 Å². The first-order chi connectivity index (χ1) is 11.4. The largest absolute Gasteiger partial charge is 0.497 e. The zero-order chi connectivity index (χ0) is 17.6. The standard InChI is InChI=1S/C17H19NO5S/c1-22-15-5-3-4-13(12-15)17(19)18-10-11-23-14-6-8-16(9-7-14)24(2,20)21/h3-9,12H,10-11H2,1-2H3,(H,18,19). The van der Waals surface area contributed by atoms with Crippen LogP contribution in [0.5, 0.6) is 11.5 Å². The molecule has 2 aromatic rings. The number of hydrogen-bond acceptors (Lipinski definition) is 5. The predicted octanol–water partition coefficient (Wildman–Crippen LogP) is 1.91. The van der Waals surface area contributed by atoms with E-state index >= 15 is 0 Å². The van der Waals surface area contributed by atoms with Crippen LogP contribution in [0, 0.1) is 0 Å². The maximum atomic E-state index is 12.0. The fraction of sp³-hybridized carbons (Fsp3) is 0.235. The Bertz CT molecular complexity index is 800. The zero-order valence-corrected chi connectivity index (χ0v) is 14.3. The van der Waals surface area contributed by atoms with Crippen molar-refractivity contribution in [2.45, 2.75) is 4.90 Å². The van der Waals surface area contributed by atoms with Crippen LogP contribution < -0.4 is 14.8 Å². The van der Waals surface area contributed by atoms with Crippen LogP contribution >= 0.6 is 0 Å².